The van der Waals surface area contributed by atoms with Crippen LogP contribution < -0.4 is 19.5 Å². The van der Waals surface area contributed by atoms with Crippen molar-refractivity contribution in [3.8, 4) is 17.2 Å². The zero-order valence-corrected chi connectivity index (χ0v) is 17.8. The molecule has 1 saturated carbocycles. The van der Waals surface area contributed by atoms with Gasteiger partial charge in [0.15, 0.2) is 11.6 Å². The van der Waals surface area contributed by atoms with Crippen molar-refractivity contribution >= 4 is 27.7 Å². The molecule has 1 aromatic carbocycles. The maximum Gasteiger partial charge on any atom is 0.257 e. The summed E-state index contributed by atoms with van der Waals surface area (Å²) in [5, 5.41) is 2.84. The van der Waals surface area contributed by atoms with Crippen LogP contribution in [0.3, 0.4) is 0 Å². The average molecular weight is 449 g/mol. The van der Waals surface area contributed by atoms with Gasteiger partial charge in [-0.2, -0.15) is 0 Å². The highest BCUT2D eigenvalue weighted by Gasteiger charge is 2.18. The van der Waals surface area contributed by atoms with Gasteiger partial charge in [0.1, 0.15) is 16.0 Å². The van der Waals surface area contributed by atoms with Gasteiger partial charge in [-0.1, -0.05) is 19.3 Å². The molecule has 1 N–H and O–H groups in total. The fourth-order valence-electron chi connectivity index (χ4n) is 3.34. The predicted octanol–water partition coefficient (Wildman–Crippen LogP) is 5.07. The fourth-order valence-corrected chi connectivity index (χ4v) is 3.90. The maximum atomic E-state index is 12.8. The number of carbonyl (C=O) groups excluding carboxylic acids is 1. The highest BCUT2D eigenvalue weighted by Crippen LogP contribution is 2.36. The summed E-state index contributed by atoms with van der Waals surface area (Å²) in [5.41, 5.74) is 0.404. The molecular formula is C21H25BrN2O4. The van der Waals surface area contributed by atoms with Crippen molar-refractivity contribution in [2.24, 2.45) is 5.92 Å². The second-order valence-electron chi connectivity index (χ2n) is 6.81. The van der Waals surface area contributed by atoms with Crippen LogP contribution >= 0.6 is 15.9 Å². The molecule has 0 aliphatic heterocycles. The fraction of sp³-hybridized carbons (Fsp3) is 0.429. The molecule has 0 bridgehead atoms. The highest BCUT2D eigenvalue weighted by molar-refractivity contribution is 9.10. The Morgan fingerprint density at radius 2 is 1.82 bits per heavy atom. The molecule has 1 aromatic heterocycles. The van der Waals surface area contributed by atoms with E-state index in [0.29, 0.717) is 45.6 Å². The Labute approximate surface area is 173 Å². The third kappa shape index (κ3) is 4.95. The van der Waals surface area contributed by atoms with Gasteiger partial charge >= 0.3 is 0 Å². The SMILES string of the molecule is COc1cc(C(=O)Nc2ncccc2OCC2CCCCC2)cc(OC)c1Br. The van der Waals surface area contributed by atoms with E-state index in [4.69, 9.17) is 14.2 Å². The minimum atomic E-state index is -0.315. The number of carbonyl (C=O) groups is 1. The van der Waals surface area contributed by atoms with E-state index in [0.717, 1.165) is 0 Å². The molecule has 1 aliphatic rings. The van der Waals surface area contributed by atoms with Crippen LogP contribution in [0.2, 0.25) is 0 Å². The maximum absolute atomic E-state index is 12.8. The van der Waals surface area contributed by atoms with Gasteiger partial charge in [0, 0.05) is 11.8 Å². The number of aromatic nitrogens is 1. The monoisotopic (exact) mass is 448 g/mol. The first-order chi connectivity index (χ1) is 13.6. The first-order valence-corrected chi connectivity index (χ1v) is 10.2. The minimum Gasteiger partial charge on any atom is -0.495 e. The Morgan fingerprint density at radius 1 is 1.14 bits per heavy atom. The highest BCUT2D eigenvalue weighted by atomic mass is 79.9. The number of halogens is 1. The number of hydrogen-bond donors (Lipinski definition) is 1. The summed E-state index contributed by atoms with van der Waals surface area (Å²) in [6.45, 7) is 0.647. The van der Waals surface area contributed by atoms with Crippen molar-refractivity contribution < 1.29 is 19.0 Å². The molecule has 2 aromatic rings. The van der Waals surface area contributed by atoms with Crippen molar-refractivity contribution in [3.63, 3.8) is 0 Å². The Kier molecular flexibility index (Phi) is 7.14. The molecule has 1 amide bonds. The van der Waals surface area contributed by atoms with E-state index in [1.165, 1.54) is 46.3 Å². The van der Waals surface area contributed by atoms with Crippen LogP contribution in [0.1, 0.15) is 42.5 Å². The van der Waals surface area contributed by atoms with E-state index in [2.05, 4.69) is 26.2 Å². The summed E-state index contributed by atoms with van der Waals surface area (Å²) in [4.78, 5) is 17.1. The second-order valence-corrected chi connectivity index (χ2v) is 7.61. The Morgan fingerprint density at radius 3 is 2.46 bits per heavy atom. The topological polar surface area (TPSA) is 69.7 Å². The first-order valence-electron chi connectivity index (χ1n) is 9.43. The van der Waals surface area contributed by atoms with E-state index in [1.54, 1.807) is 24.4 Å². The number of pyridine rings is 1. The smallest absolute Gasteiger partial charge is 0.257 e. The lowest BCUT2D eigenvalue weighted by atomic mass is 9.90. The normalized spacial score (nSPS) is 14.4. The molecule has 1 heterocycles. The van der Waals surface area contributed by atoms with E-state index in [1.807, 2.05) is 6.07 Å². The predicted molar refractivity (Wildman–Crippen MR) is 112 cm³/mol. The summed E-state index contributed by atoms with van der Waals surface area (Å²) in [5.74, 6) is 2.27. The van der Waals surface area contributed by atoms with Crippen molar-refractivity contribution in [2.45, 2.75) is 32.1 Å². The van der Waals surface area contributed by atoms with Gasteiger partial charge in [-0.3, -0.25) is 4.79 Å². The number of methoxy groups -OCH3 is 2. The number of rotatable bonds is 7. The van der Waals surface area contributed by atoms with E-state index in [-0.39, 0.29) is 5.91 Å². The van der Waals surface area contributed by atoms with Crippen molar-refractivity contribution in [3.05, 3.63) is 40.5 Å². The number of nitrogens with zero attached hydrogens (tertiary/aromatic N) is 1. The number of benzene rings is 1. The van der Waals surface area contributed by atoms with Gasteiger partial charge in [0.25, 0.3) is 5.91 Å². The second kappa shape index (κ2) is 9.78. The molecule has 0 unspecified atom stereocenters. The van der Waals surface area contributed by atoms with Crippen LogP contribution in [-0.2, 0) is 0 Å². The first kappa shape index (κ1) is 20.5. The molecule has 7 heteroatoms. The summed E-state index contributed by atoms with van der Waals surface area (Å²) < 4.78 is 17.3. The molecule has 1 fully saturated rings. The van der Waals surface area contributed by atoms with Gasteiger partial charge in [-0.25, -0.2) is 4.98 Å². The van der Waals surface area contributed by atoms with Crippen LogP contribution in [0.5, 0.6) is 17.2 Å². The molecule has 0 radical (unpaired) electrons. The summed E-state index contributed by atoms with van der Waals surface area (Å²) in [6, 6.07) is 6.92. The van der Waals surface area contributed by atoms with Crippen LogP contribution in [0.15, 0.2) is 34.9 Å². The summed E-state index contributed by atoms with van der Waals surface area (Å²) in [6.07, 6.45) is 7.85. The molecule has 0 saturated heterocycles. The van der Waals surface area contributed by atoms with Gasteiger partial charge < -0.3 is 19.5 Å². The Hall–Kier alpha value is -2.28. The molecule has 3 rings (SSSR count). The van der Waals surface area contributed by atoms with Crippen molar-refractivity contribution in [1.82, 2.24) is 4.98 Å². The third-order valence-electron chi connectivity index (χ3n) is 4.91. The average Bonchev–Trinajstić information content (AvgIpc) is 2.74. The molecule has 1 aliphatic carbocycles. The largest absolute Gasteiger partial charge is 0.495 e. The van der Waals surface area contributed by atoms with Crippen molar-refractivity contribution in [2.75, 3.05) is 26.1 Å². The lowest BCUT2D eigenvalue weighted by Crippen LogP contribution is -2.18. The molecule has 150 valence electrons. The summed E-state index contributed by atoms with van der Waals surface area (Å²) >= 11 is 3.41. The third-order valence-corrected chi connectivity index (χ3v) is 5.69. The minimum absolute atomic E-state index is 0.315. The molecule has 0 spiro atoms. The molecule has 28 heavy (non-hydrogen) atoms. The lowest BCUT2D eigenvalue weighted by molar-refractivity contribution is 0.102. The van der Waals surface area contributed by atoms with Crippen molar-refractivity contribution in [1.29, 1.82) is 0 Å². The number of nitrogens with one attached hydrogen (secondary N) is 1. The zero-order chi connectivity index (χ0) is 19.9. The van der Waals surface area contributed by atoms with Crippen LogP contribution in [0, 0.1) is 5.92 Å². The number of hydrogen-bond acceptors (Lipinski definition) is 5. The standard InChI is InChI=1S/C21H25BrN2O4/c1-26-17-11-15(12-18(27-2)19(17)22)21(25)24-20-16(9-6-10-23-20)28-13-14-7-4-3-5-8-14/h6,9-12,14H,3-5,7-8,13H2,1-2H3,(H,23,24,25). The van der Waals surface area contributed by atoms with Gasteiger partial charge in [-0.05, 0) is 59.0 Å². The van der Waals surface area contributed by atoms with Crippen LogP contribution in [0.25, 0.3) is 0 Å². The van der Waals surface area contributed by atoms with Gasteiger partial charge in [0.2, 0.25) is 0 Å². The van der Waals surface area contributed by atoms with Gasteiger partial charge in [-0.15, -0.1) is 0 Å². The van der Waals surface area contributed by atoms with Gasteiger partial charge in [0.05, 0.1) is 20.8 Å². The van der Waals surface area contributed by atoms with E-state index < -0.39 is 0 Å². The van der Waals surface area contributed by atoms with E-state index in [9.17, 15) is 4.79 Å². The molecular weight excluding hydrogens is 424 g/mol. The lowest BCUT2D eigenvalue weighted by Gasteiger charge is -2.22. The molecule has 6 nitrogen and oxygen atoms in total. The van der Waals surface area contributed by atoms with E-state index >= 15 is 0 Å². The molecule has 0 atom stereocenters. The van der Waals surface area contributed by atoms with Crippen LogP contribution in [0.4, 0.5) is 5.82 Å². The summed E-state index contributed by atoms with van der Waals surface area (Å²) in [7, 11) is 3.08. The Bertz CT molecular complexity index is 797. The zero-order valence-electron chi connectivity index (χ0n) is 16.2. The Balaban J connectivity index is 1.73. The number of amides is 1. The number of ether oxygens (including phenoxy) is 3. The quantitative estimate of drug-likeness (QED) is 0.639. The van der Waals surface area contributed by atoms with Crippen LogP contribution in [-0.4, -0.2) is 31.7 Å². The number of anilines is 1.